The molecule has 0 unspecified atom stereocenters. The maximum Gasteiger partial charge on any atom is 0.243 e. The maximum absolute atomic E-state index is 14.1. The monoisotopic (exact) mass is 697 g/mol. The van der Waals surface area contributed by atoms with Crippen molar-refractivity contribution in [3.8, 4) is 5.75 Å². The van der Waals surface area contributed by atoms with E-state index in [1.807, 2.05) is 61.5 Å². The number of anilines is 1. The Balaban J connectivity index is 1.60. The van der Waals surface area contributed by atoms with E-state index in [1.165, 1.54) is 10.7 Å². The summed E-state index contributed by atoms with van der Waals surface area (Å²) in [7, 11) is -3.66. The number of nitrogens with zero attached hydrogens (tertiary/aromatic N) is 2. The minimum Gasteiger partial charge on any atom is -0.492 e. The predicted octanol–water partition coefficient (Wildman–Crippen LogP) is 6.48. The summed E-state index contributed by atoms with van der Waals surface area (Å²) in [5.74, 6) is 0.106. The highest BCUT2D eigenvalue weighted by Gasteiger charge is 2.32. The van der Waals surface area contributed by atoms with Gasteiger partial charge in [-0.3, -0.25) is 13.9 Å². The third-order valence-electron chi connectivity index (χ3n) is 8.05. The van der Waals surface area contributed by atoms with Gasteiger partial charge in [0.15, 0.2) is 0 Å². The summed E-state index contributed by atoms with van der Waals surface area (Å²) in [6.07, 6.45) is 7.08. The van der Waals surface area contributed by atoms with E-state index >= 15 is 0 Å². The van der Waals surface area contributed by atoms with Gasteiger partial charge in [-0.1, -0.05) is 89.8 Å². The van der Waals surface area contributed by atoms with E-state index < -0.39 is 16.1 Å². The lowest BCUT2D eigenvalue weighted by atomic mass is 9.94. The van der Waals surface area contributed by atoms with Crippen LogP contribution < -0.4 is 14.4 Å². The van der Waals surface area contributed by atoms with Gasteiger partial charge in [-0.15, -0.1) is 0 Å². The number of amides is 2. The molecule has 3 aromatic rings. The SMILES string of the molecule is CCOc1ccccc1N(CCCC(=O)N(Cc1cccc(Br)c1)[C@@H](Cc1ccccc1)C(=O)NC1CCCCC1)S(C)(=O)=O. The quantitative estimate of drug-likeness (QED) is 0.196. The van der Waals surface area contributed by atoms with Crippen molar-refractivity contribution in [1.29, 1.82) is 0 Å². The number of carbonyl (C=O) groups excluding carboxylic acids is 2. The van der Waals surface area contributed by atoms with Gasteiger partial charge in [-0.2, -0.15) is 0 Å². The average Bonchev–Trinajstić information content (AvgIpc) is 3.02. The summed E-state index contributed by atoms with van der Waals surface area (Å²) >= 11 is 3.53. The minimum atomic E-state index is -3.66. The molecule has 1 atom stereocenters. The lowest BCUT2D eigenvalue weighted by Crippen LogP contribution is -2.52. The van der Waals surface area contributed by atoms with Crippen LogP contribution in [0, 0.1) is 0 Å². The molecular weight excluding hydrogens is 654 g/mol. The van der Waals surface area contributed by atoms with Gasteiger partial charge >= 0.3 is 0 Å². The number of hydrogen-bond donors (Lipinski definition) is 1. The van der Waals surface area contributed by atoms with E-state index in [4.69, 9.17) is 4.74 Å². The molecule has 2 amide bonds. The minimum absolute atomic E-state index is 0.0683. The number of halogens is 1. The van der Waals surface area contributed by atoms with Crippen LogP contribution in [0.2, 0.25) is 0 Å². The third kappa shape index (κ3) is 10.3. The van der Waals surface area contributed by atoms with Crippen LogP contribution >= 0.6 is 15.9 Å². The van der Waals surface area contributed by atoms with E-state index in [0.717, 1.165) is 47.5 Å². The number of para-hydroxylation sites is 2. The molecule has 0 spiro atoms. The predicted molar refractivity (Wildman–Crippen MR) is 183 cm³/mol. The Morgan fingerprint density at radius 2 is 1.64 bits per heavy atom. The largest absolute Gasteiger partial charge is 0.492 e. The molecule has 0 aromatic heterocycles. The van der Waals surface area contributed by atoms with E-state index in [-0.39, 0.29) is 43.8 Å². The normalized spacial score (nSPS) is 14.4. The Hall–Kier alpha value is -3.37. The van der Waals surface area contributed by atoms with Gasteiger partial charge in [-0.25, -0.2) is 8.42 Å². The van der Waals surface area contributed by atoms with Gasteiger partial charge in [0.25, 0.3) is 0 Å². The van der Waals surface area contributed by atoms with Crippen molar-refractivity contribution in [1.82, 2.24) is 10.2 Å². The molecule has 0 radical (unpaired) electrons. The second-order valence-corrected chi connectivity index (χ2v) is 14.4. The first kappa shape index (κ1) is 34.5. The molecule has 1 aliphatic rings. The number of carbonyl (C=O) groups is 2. The Bertz CT molecular complexity index is 1510. The van der Waals surface area contributed by atoms with Crippen LogP contribution in [-0.2, 0) is 32.6 Å². The topological polar surface area (TPSA) is 96.0 Å². The van der Waals surface area contributed by atoms with E-state index in [9.17, 15) is 18.0 Å². The lowest BCUT2D eigenvalue weighted by molar-refractivity contribution is -0.141. The molecule has 1 aliphatic carbocycles. The molecule has 3 aromatic carbocycles. The number of hydrogen-bond acceptors (Lipinski definition) is 5. The van der Waals surface area contributed by atoms with E-state index in [0.29, 0.717) is 24.5 Å². The zero-order valence-corrected chi connectivity index (χ0v) is 28.6. The van der Waals surface area contributed by atoms with Crippen molar-refractivity contribution in [2.45, 2.75) is 76.9 Å². The molecule has 0 saturated heterocycles. The van der Waals surface area contributed by atoms with Crippen molar-refractivity contribution in [3.63, 3.8) is 0 Å². The van der Waals surface area contributed by atoms with Crippen LogP contribution in [0.1, 0.15) is 63.0 Å². The highest BCUT2D eigenvalue weighted by Crippen LogP contribution is 2.30. The Morgan fingerprint density at radius 3 is 2.33 bits per heavy atom. The Morgan fingerprint density at radius 1 is 0.956 bits per heavy atom. The summed E-state index contributed by atoms with van der Waals surface area (Å²) in [6, 6.07) is 23.9. The van der Waals surface area contributed by atoms with Gasteiger partial charge in [-0.05, 0) is 61.6 Å². The number of sulfonamides is 1. The fourth-order valence-corrected chi connectivity index (χ4v) is 7.27. The number of ether oxygens (including phenoxy) is 1. The summed E-state index contributed by atoms with van der Waals surface area (Å²) in [4.78, 5) is 29.8. The molecule has 4 rings (SSSR count). The van der Waals surface area contributed by atoms with Crippen molar-refractivity contribution in [3.05, 3.63) is 94.5 Å². The molecular formula is C35H44BrN3O5S. The Labute approximate surface area is 276 Å². The van der Waals surface area contributed by atoms with Crippen molar-refractivity contribution in [2.24, 2.45) is 0 Å². The number of rotatable bonds is 15. The van der Waals surface area contributed by atoms with Crippen molar-refractivity contribution in [2.75, 3.05) is 23.7 Å². The third-order valence-corrected chi connectivity index (χ3v) is 9.72. The van der Waals surface area contributed by atoms with Crippen LogP contribution in [0.15, 0.2) is 83.3 Å². The van der Waals surface area contributed by atoms with Crippen LogP contribution in [-0.4, -0.2) is 56.6 Å². The second kappa shape index (κ2) is 16.8. The molecule has 0 heterocycles. The molecule has 1 fully saturated rings. The standard InChI is InChI=1S/C35H44BrN3O5S/c1-3-44-33-21-11-10-20-31(33)39(45(2,42)43)23-13-22-34(40)38(26-28-16-12-17-29(36)24-28)32(25-27-14-6-4-7-15-27)35(41)37-30-18-8-5-9-19-30/h4,6-7,10-12,14-17,20-21,24,30,32H,3,5,8-9,13,18-19,22-23,25-26H2,1-2H3,(H,37,41)/t32-/m0/s1. The zero-order valence-electron chi connectivity index (χ0n) is 26.2. The molecule has 10 heteroatoms. The van der Waals surface area contributed by atoms with Gasteiger partial charge in [0.05, 0.1) is 18.6 Å². The first-order chi connectivity index (χ1) is 21.7. The molecule has 242 valence electrons. The van der Waals surface area contributed by atoms with Gasteiger partial charge in [0.2, 0.25) is 21.8 Å². The van der Waals surface area contributed by atoms with Crippen LogP contribution in [0.5, 0.6) is 5.75 Å². The van der Waals surface area contributed by atoms with Crippen molar-refractivity contribution >= 4 is 43.5 Å². The lowest BCUT2D eigenvalue weighted by Gasteiger charge is -2.34. The van der Waals surface area contributed by atoms with E-state index in [1.54, 1.807) is 29.2 Å². The van der Waals surface area contributed by atoms with Gasteiger partial charge in [0.1, 0.15) is 11.8 Å². The number of nitrogens with one attached hydrogen (secondary N) is 1. The molecule has 45 heavy (non-hydrogen) atoms. The highest BCUT2D eigenvalue weighted by molar-refractivity contribution is 9.10. The molecule has 1 N–H and O–H groups in total. The van der Waals surface area contributed by atoms with Crippen LogP contribution in [0.25, 0.3) is 0 Å². The molecule has 8 nitrogen and oxygen atoms in total. The van der Waals surface area contributed by atoms with Gasteiger partial charge < -0.3 is 15.0 Å². The van der Waals surface area contributed by atoms with Crippen LogP contribution in [0.3, 0.4) is 0 Å². The molecule has 0 aliphatic heterocycles. The van der Waals surface area contributed by atoms with Crippen LogP contribution in [0.4, 0.5) is 5.69 Å². The smallest absolute Gasteiger partial charge is 0.243 e. The van der Waals surface area contributed by atoms with E-state index in [2.05, 4.69) is 21.2 Å². The van der Waals surface area contributed by atoms with Gasteiger partial charge in [0, 0.05) is 36.4 Å². The second-order valence-electron chi connectivity index (χ2n) is 11.5. The Kier molecular flexibility index (Phi) is 12.9. The average molecular weight is 699 g/mol. The first-order valence-electron chi connectivity index (χ1n) is 15.7. The first-order valence-corrected chi connectivity index (χ1v) is 18.4. The summed E-state index contributed by atoms with van der Waals surface area (Å²) in [6.45, 7) is 2.58. The summed E-state index contributed by atoms with van der Waals surface area (Å²) in [5.41, 5.74) is 2.29. The van der Waals surface area contributed by atoms with Crippen molar-refractivity contribution < 1.29 is 22.7 Å². The fraction of sp³-hybridized carbons (Fsp3) is 0.429. The molecule has 1 saturated carbocycles. The number of benzene rings is 3. The summed E-state index contributed by atoms with van der Waals surface area (Å²) < 4.78 is 33.6. The highest BCUT2D eigenvalue weighted by atomic mass is 79.9. The summed E-state index contributed by atoms with van der Waals surface area (Å²) in [5, 5.41) is 3.26. The molecule has 0 bridgehead atoms. The zero-order chi connectivity index (χ0) is 32.2. The fourth-order valence-electron chi connectivity index (χ4n) is 5.85. The maximum atomic E-state index is 14.1.